The fourth-order valence-corrected chi connectivity index (χ4v) is 3.20. The Morgan fingerprint density at radius 2 is 1.86 bits per heavy atom. The number of thiophene rings is 1. The van der Waals surface area contributed by atoms with Gasteiger partial charge in [0.05, 0.1) is 13.2 Å². The minimum atomic E-state index is -0.412. The van der Waals surface area contributed by atoms with E-state index >= 15 is 0 Å². The fourth-order valence-electron chi connectivity index (χ4n) is 2.07. The molecule has 0 radical (unpaired) electrons. The molecule has 0 unspecified atom stereocenters. The van der Waals surface area contributed by atoms with E-state index in [1.165, 1.54) is 18.4 Å². The molecule has 0 aliphatic carbocycles. The van der Waals surface area contributed by atoms with Crippen molar-refractivity contribution in [1.82, 2.24) is 0 Å². The normalized spacial score (nSPS) is 10.8. The molecule has 2 N–H and O–H groups in total. The van der Waals surface area contributed by atoms with E-state index in [4.69, 9.17) is 15.2 Å². The molecule has 6 heteroatoms. The summed E-state index contributed by atoms with van der Waals surface area (Å²) in [5, 5.41) is 0.922. The van der Waals surface area contributed by atoms with Gasteiger partial charge in [0.15, 0.2) is 5.75 Å². The third-order valence-corrected chi connectivity index (χ3v) is 4.11. The lowest BCUT2D eigenvalue weighted by atomic mass is 10.3. The average molecular weight is 314 g/mol. The van der Waals surface area contributed by atoms with Gasteiger partial charge in [0.2, 0.25) is 0 Å². The van der Waals surface area contributed by atoms with Gasteiger partial charge in [0, 0.05) is 13.1 Å². The first-order chi connectivity index (χ1) is 9.96. The van der Waals surface area contributed by atoms with Crippen LogP contribution >= 0.6 is 11.3 Å². The SMILES string of the molecule is CCCN(CCC)c1sc(C(=O)OC)c(N)c1OC(C)C. The summed E-state index contributed by atoms with van der Waals surface area (Å²) in [6.07, 6.45) is 2.04. The highest BCUT2D eigenvalue weighted by Crippen LogP contribution is 2.45. The summed E-state index contributed by atoms with van der Waals surface area (Å²) in [4.78, 5) is 14.5. The number of nitrogens with two attached hydrogens (primary N) is 1. The van der Waals surface area contributed by atoms with Gasteiger partial charge in [-0.25, -0.2) is 4.79 Å². The zero-order chi connectivity index (χ0) is 16.0. The molecule has 0 bridgehead atoms. The molecule has 1 aromatic heterocycles. The molecule has 0 saturated carbocycles. The topological polar surface area (TPSA) is 64.8 Å². The zero-order valence-electron chi connectivity index (χ0n) is 13.6. The number of esters is 1. The standard InChI is InChI=1S/C15H26N2O3S/c1-6-8-17(9-7-2)14-12(20-10(3)4)11(16)13(21-14)15(18)19-5/h10H,6-9,16H2,1-5H3. The van der Waals surface area contributed by atoms with E-state index in [1.807, 2.05) is 13.8 Å². The smallest absolute Gasteiger partial charge is 0.350 e. The maximum Gasteiger partial charge on any atom is 0.350 e. The van der Waals surface area contributed by atoms with Crippen LogP contribution in [-0.2, 0) is 4.74 Å². The van der Waals surface area contributed by atoms with Gasteiger partial charge in [-0.2, -0.15) is 0 Å². The van der Waals surface area contributed by atoms with Crippen LogP contribution in [0.5, 0.6) is 5.75 Å². The summed E-state index contributed by atoms with van der Waals surface area (Å²) in [6.45, 7) is 9.96. The Bertz CT molecular complexity index is 466. The molecule has 1 rings (SSSR count). The number of ether oxygens (including phenoxy) is 2. The van der Waals surface area contributed by atoms with E-state index in [0.717, 1.165) is 30.9 Å². The predicted octanol–water partition coefficient (Wildman–Crippen LogP) is 3.53. The molecule has 0 aliphatic rings. The molecule has 21 heavy (non-hydrogen) atoms. The van der Waals surface area contributed by atoms with E-state index in [-0.39, 0.29) is 6.10 Å². The van der Waals surface area contributed by atoms with Crippen LogP contribution < -0.4 is 15.4 Å². The zero-order valence-corrected chi connectivity index (χ0v) is 14.4. The number of carbonyl (C=O) groups is 1. The molecular formula is C15H26N2O3S. The number of hydrogen-bond acceptors (Lipinski definition) is 6. The van der Waals surface area contributed by atoms with E-state index in [9.17, 15) is 4.79 Å². The quantitative estimate of drug-likeness (QED) is 0.744. The molecule has 0 atom stereocenters. The highest BCUT2D eigenvalue weighted by molar-refractivity contribution is 7.19. The minimum absolute atomic E-state index is 0.00347. The molecule has 0 fully saturated rings. The van der Waals surface area contributed by atoms with Crippen molar-refractivity contribution in [3.05, 3.63) is 4.88 Å². The van der Waals surface area contributed by atoms with E-state index in [1.54, 1.807) is 0 Å². The van der Waals surface area contributed by atoms with Gasteiger partial charge in [-0.05, 0) is 26.7 Å². The van der Waals surface area contributed by atoms with Crippen molar-refractivity contribution in [2.24, 2.45) is 0 Å². The maximum absolute atomic E-state index is 11.9. The third-order valence-electron chi connectivity index (χ3n) is 2.88. The van der Waals surface area contributed by atoms with Crippen molar-refractivity contribution in [3.8, 4) is 5.75 Å². The number of nitrogen functional groups attached to an aromatic ring is 1. The molecule has 0 amide bonds. The van der Waals surface area contributed by atoms with Crippen LogP contribution in [0, 0.1) is 0 Å². The van der Waals surface area contributed by atoms with Gasteiger partial charge in [-0.3, -0.25) is 0 Å². The molecule has 120 valence electrons. The van der Waals surface area contributed by atoms with Crippen molar-refractivity contribution >= 4 is 28.0 Å². The first-order valence-corrected chi connectivity index (χ1v) is 8.19. The number of methoxy groups -OCH3 is 1. The van der Waals surface area contributed by atoms with Crippen LogP contribution in [-0.4, -0.2) is 32.3 Å². The second-order valence-corrected chi connectivity index (χ2v) is 6.12. The number of anilines is 2. The summed E-state index contributed by atoms with van der Waals surface area (Å²) in [6, 6.07) is 0. The van der Waals surface area contributed by atoms with Gasteiger partial charge in [-0.1, -0.05) is 13.8 Å². The van der Waals surface area contributed by atoms with Gasteiger partial charge in [0.25, 0.3) is 0 Å². The van der Waals surface area contributed by atoms with Gasteiger partial charge < -0.3 is 20.1 Å². The lowest BCUT2D eigenvalue weighted by Gasteiger charge is -2.24. The number of hydrogen-bond donors (Lipinski definition) is 1. The molecular weight excluding hydrogens is 288 g/mol. The lowest BCUT2D eigenvalue weighted by Crippen LogP contribution is -2.24. The Hall–Kier alpha value is -1.43. The minimum Gasteiger partial charge on any atom is -0.486 e. The first kappa shape index (κ1) is 17.6. The van der Waals surface area contributed by atoms with Crippen LogP contribution in [0.1, 0.15) is 50.2 Å². The summed E-state index contributed by atoms with van der Waals surface area (Å²) in [5.74, 6) is 0.197. The predicted molar refractivity (Wildman–Crippen MR) is 88.6 cm³/mol. The van der Waals surface area contributed by atoms with Crippen molar-refractivity contribution in [3.63, 3.8) is 0 Å². The Balaban J connectivity index is 3.28. The van der Waals surface area contributed by atoms with Crippen LogP contribution in [0.4, 0.5) is 10.7 Å². The molecule has 0 aromatic carbocycles. The van der Waals surface area contributed by atoms with Crippen molar-refractivity contribution in [2.75, 3.05) is 30.8 Å². The largest absolute Gasteiger partial charge is 0.486 e. The highest BCUT2D eigenvalue weighted by Gasteiger charge is 2.26. The van der Waals surface area contributed by atoms with Crippen molar-refractivity contribution in [2.45, 2.75) is 46.6 Å². The summed E-state index contributed by atoms with van der Waals surface area (Å²) >= 11 is 1.35. The molecule has 1 aromatic rings. The van der Waals surface area contributed by atoms with Crippen molar-refractivity contribution in [1.29, 1.82) is 0 Å². The maximum atomic E-state index is 11.9. The van der Waals surface area contributed by atoms with E-state index < -0.39 is 5.97 Å². The highest BCUT2D eigenvalue weighted by atomic mass is 32.1. The first-order valence-electron chi connectivity index (χ1n) is 7.38. The number of carbonyl (C=O) groups excluding carboxylic acids is 1. The van der Waals surface area contributed by atoms with Gasteiger partial charge in [0.1, 0.15) is 15.6 Å². The molecule has 0 aliphatic heterocycles. The number of nitrogens with zero attached hydrogens (tertiary/aromatic N) is 1. The molecule has 0 saturated heterocycles. The van der Waals surface area contributed by atoms with Crippen LogP contribution in [0.2, 0.25) is 0 Å². The van der Waals surface area contributed by atoms with Crippen LogP contribution in [0.3, 0.4) is 0 Å². The average Bonchev–Trinajstić information content (AvgIpc) is 2.75. The third kappa shape index (κ3) is 4.27. The second-order valence-electron chi connectivity index (χ2n) is 5.12. The number of rotatable bonds is 8. The Morgan fingerprint density at radius 1 is 1.29 bits per heavy atom. The Labute approximate surface area is 131 Å². The van der Waals surface area contributed by atoms with Crippen molar-refractivity contribution < 1.29 is 14.3 Å². The van der Waals surface area contributed by atoms with E-state index in [2.05, 4.69) is 18.7 Å². The van der Waals surface area contributed by atoms with Gasteiger partial charge in [-0.15, -0.1) is 11.3 Å². The van der Waals surface area contributed by atoms with Crippen LogP contribution in [0.25, 0.3) is 0 Å². The lowest BCUT2D eigenvalue weighted by molar-refractivity contribution is 0.0607. The fraction of sp³-hybridized carbons (Fsp3) is 0.667. The molecule has 5 nitrogen and oxygen atoms in total. The monoisotopic (exact) mass is 314 g/mol. The second kappa shape index (κ2) is 8.12. The van der Waals surface area contributed by atoms with Crippen LogP contribution in [0.15, 0.2) is 0 Å². The summed E-state index contributed by atoms with van der Waals surface area (Å²) in [5.41, 5.74) is 6.50. The molecule has 1 heterocycles. The Kier molecular flexibility index (Phi) is 6.81. The van der Waals surface area contributed by atoms with Gasteiger partial charge >= 0.3 is 5.97 Å². The van der Waals surface area contributed by atoms with E-state index in [0.29, 0.717) is 16.3 Å². The summed E-state index contributed by atoms with van der Waals surface area (Å²) < 4.78 is 10.7. The summed E-state index contributed by atoms with van der Waals surface area (Å²) in [7, 11) is 1.36. The Morgan fingerprint density at radius 3 is 2.29 bits per heavy atom. The molecule has 0 spiro atoms.